The first-order valence-corrected chi connectivity index (χ1v) is 7.99. The van der Waals surface area contributed by atoms with Gasteiger partial charge in [-0.05, 0) is 55.2 Å². The Morgan fingerprint density at radius 1 is 1.35 bits per heavy atom. The van der Waals surface area contributed by atoms with E-state index in [9.17, 15) is 0 Å². The van der Waals surface area contributed by atoms with Crippen LogP contribution in [-0.2, 0) is 5.54 Å². The zero-order valence-electron chi connectivity index (χ0n) is 13.4. The van der Waals surface area contributed by atoms with Gasteiger partial charge in [0.05, 0.1) is 6.61 Å². The van der Waals surface area contributed by atoms with Crippen molar-refractivity contribution in [2.45, 2.75) is 52.5 Å². The van der Waals surface area contributed by atoms with Crippen LogP contribution >= 0.6 is 0 Å². The summed E-state index contributed by atoms with van der Waals surface area (Å²) in [6.45, 7) is 9.64. The SMILES string of the molecule is CCOc1cccc(C2(N)CC(C)CCC2C(C)C)c1. The Labute approximate surface area is 123 Å². The Balaban J connectivity index is 2.36. The molecule has 1 aromatic rings. The summed E-state index contributed by atoms with van der Waals surface area (Å²) in [5.41, 5.74) is 7.96. The van der Waals surface area contributed by atoms with E-state index in [1.54, 1.807) is 0 Å². The molecule has 1 fully saturated rings. The number of ether oxygens (including phenoxy) is 1. The number of rotatable bonds is 4. The summed E-state index contributed by atoms with van der Waals surface area (Å²) in [6, 6.07) is 8.42. The second-order valence-electron chi connectivity index (χ2n) is 6.74. The van der Waals surface area contributed by atoms with Crippen molar-refractivity contribution in [2.75, 3.05) is 6.61 Å². The van der Waals surface area contributed by atoms with E-state index in [-0.39, 0.29) is 5.54 Å². The van der Waals surface area contributed by atoms with Gasteiger partial charge < -0.3 is 10.5 Å². The molecule has 3 atom stereocenters. The van der Waals surface area contributed by atoms with Gasteiger partial charge in [-0.25, -0.2) is 0 Å². The normalized spacial score (nSPS) is 30.5. The lowest BCUT2D eigenvalue weighted by molar-refractivity contribution is 0.108. The van der Waals surface area contributed by atoms with Gasteiger partial charge in [-0.3, -0.25) is 0 Å². The van der Waals surface area contributed by atoms with E-state index in [2.05, 4.69) is 39.0 Å². The van der Waals surface area contributed by atoms with Crippen molar-refractivity contribution < 1.29 is 4.74 Å². The Bertz CT molecular complexity index is 443. The van der Waals surface area contributed by atoms with Gasteiger partial charge in [-0.1, -0.05) is 39.3 Å². The van der Waals surface area contributed by atoms with Crippen molar-refractivity contribution >= 4 is 0 Å². The maximum Gasteiger partial charge on any atom is 0.119 e. The highest BCUT2D eigenvalue weighted by molar-refractivity contribution is 5.34. The van der Waals surface area contributed by atoms with Crippen molar-refractivity contribution in [2.24, 2.45) is 23.5 Å². The molecule has 1 saturated carbocycles. The van der Waals surface area contributed by atoms with Gasteiger partial charge >= 0.3 is 0 Å². The first-order chi connectivity index (χ1) is 9.47. The summed E-state index contributed by atoms with van der Waals surface area (Å²) < 4.78 is 5.65. The Hall–Kier alpha value is -1.02. The first kappa shape index (κ1) is 15.4. The van der Waals surface area contributed by atoms with Gasteiger partial charge in [-0.2, -0.15) is 0 Å². The van der Waals surface area contributed by atoms with Crippen LogP contribution in [0.25, 0.3) is 0 Å². The fourth-order valence-corrected chi connectivity index (χ4v) is 3.85. The van der Waals surface area contributed by atoms with E-state index in [4.69, 9.17) is 10.5 Å². The van der Waals surface area contributed by atoms with Crippen molar-refractivity contribution in [3.05, 3.63) is 29.8 Å². The molecule has 0 bridgehead atoms. The molecule has 0 aliphatic heterocycles. The Kier molecular flexibility index (Phi) is 4.74. The molecular weight excluding hydrogens is 246 g/mol. The van der Waals surface area contributed by atoms with Crippen molar-refractivity contribution in [3.8, 4) is 5.75 Å². The molecule has 0 spiro atoms. The third-order valence-corrected chi connectivity index (χ3v) is 4.81. The molecule has 0 heterocycles. The average Bonchev–Trinajstić information content (AvgIpc) is 2.39. The highest BCUT2D eigenvalue weighted by atomic mass is 16.5. The number of hydrogen-bond acceptors (Lipinski definition) is 2. The second kappa shape index (κ2) is 6.17. The molecule has 2 heteroatoms. The fourth-order valence-electron chi connectivity index (χ4n) is 3.85. The number of nitrogens with two attached hydrogens (primary N) is 1. The van der Waals surface area contributed by atoms with E-state index < -0.39 is 0 Å². The van der Waals surface area contributed by atoms with Gasteiger partial charge in [0.25, 0.3) is 0 Å². The van der Waals surface area contributed by atoms with E-state index in [1.807, 2.05) is 13.0 Å². The van der Waals surface area contributed by atoms with Gasteiger partial charge in [-0.15, -0.1) is 0 Å². The summed E-state index contributed by atoms with van der Waals surface area (Å²) >= 11 is 0. The van der Waals surface area contributed by atoms with Crippen LogP contribution in [-0.4, -0.2) is 6.61 Å². The van der Waals surface area contributed by atoms with Crippen LogP contribution in [0.1, 0.15) is 52.5 Å². The van der Waals surface area contributed by atoms with Crippen LogP contribution in [0.15, 0.2) is 24.3 Å². The van der Waals surface area contributed by atoms with E-state index in [0.29, 0.717) is 24.4 Å². The Morgan fingerprint density at radius 3 is 2.75 bits per heavy atom. The van der Waals surface area contributed by atoms with Gasteiger partial charge in [0.2, 0.25) is 0 Å². The lowest BCUT2D eigenvalue weighted by atomic mass is 9.63. The van der Waals surface area contributed by atoms with E-state index in [1.165, 1.54) is 18.4 Å². The molecule has 0 radical (unpaired) electrons. The maximum atomic E-state index is 6.93. The largest absolute Gasteiger partial charge is 0.494 e. The molecule has 0 amide bonds. The van der Waals surface area contributed by atoms with Crippen LogP contribution in [0.2, 0.25) is 0 Å². The van der Waals surface area contributed by atoms with E-state index in [0.717, 1.165) is 12.2 Å². The molecular formula is C18H29NO. The average molecular weight is 275 g/mol. The van der Waals surface area contributed by atoms with Crippen molar-refractivity contribution in [1.82, 2.24) is 0 Å². The van der Waals surface area contributed by atoms with Crippen LogP contribution in [0.5, 0.6) is 5.75 Å². The molecule has 0 aromatic heterocycles. The highest BCUT2D eigenvalue weighted by Gasteiger charge is 2.42. The Morgan fingerprint density at radius 2 is 2.10 bits per heavy atom. The minimum absolute atomic E-state index is 0.209. The van der Waals surface area contributed by atoms with Gasteiger partial charge in [0.15, 0.2) is 0 Å². The predicted molar refractivity (Wildman–Crippen MR) is 84.8 cm³/mol. The first-order valence-electron chi connectivity index (χ1n) is 7.99. The topological polar surface area (TPSA) is 35.2 Å². The zero-order valence-corrected chi connectivity index (χ0v) is 13.4. The molecule has 1 aliphatic carbocycles. The monoisotopic (exact) mass is 275 g/mol. The zero-order chi connectivity index (χ0) is 14.8. The van der Waals surface area contributed by atoms with Gasteiger partial charge in [0.1, 0.15) is 5.75 Å². The molecule has 1 aromatic carbocycles. The molecule has 2 nitrogen and oxygen atoms in total. The second-order valence-corrected chi connectivity index (χ2v) is 6.74. The van der Waals surface area contributed by atoms with Crippen LogP contribution < -0.4 is 10.5 Å². The summed E-state index contributed by atoms with van der Waals surface area (Å²) in [5.74, 6) is 2.81. The number of benzene rings is 1. The quantitative estimate of drug-likeness (QED) is 0.887. The summed E-state index contributed by atoms with van der Waals surface area (Å²) in [5, 5.41) is 0. The molecule has 1 aliphatic rings. The number of hydrogen-bond donors (Lipinski definition) is 1. The van der Waals surface area contributed by atoms with Crippen molar-refractivity contribution in [3.63, 3.8) is 0 Å². The minimum Gasteiger partial charge on any atom is -0.494 e. The van der Waals surface area contributed by atoms with Crippen LogP contribution in [0.4, 0.5) is 0 Å². The fraction of sp³-hybridized carbons (Fsp3) is 0.667. The molecule has 2 N–H and O–H groups in total. The molecule has 0 saturated heterocycles. The smallest absolute Gasteiger partial charge is 0.119 e. The van der Waals surface area contributed by atoms with Crippen LogP contribution in [0, 0.1) is 17.8 Å². The molecule has 3 unspecified atom stereocenters. The van der Waals surface area contributed by atoms with E-state index >= 15 is 0 Å². The standard InChI is InChI=1S/C18H29NO/c1-5-20-16-8-6-7-15(11-16)18(19)12-14(4)9-10-17(18)13(2)3/h6-8,11,13-14,17H,5,9-10,12,19H2,1-4H3. The summed E-state index contributed by atoms with van der Waals surface area (Å²) in [4.78, 5) is 0. The van der Waals surface area contributed by atoms with Gasteiger partial charge in [0, 0.05) is 5.54 Å². The molecule has 112 valence electrons. The minimum atomic E-state index is -0.209. The molecule has 20 heavy (non-hydrogen) atoms. The highest BCUT2D eigenvalue weighted by Crippen LogP contribution is 2.45. The summed E-state index contributed by atoms with van der Waals surface area (Å²) in [7, 11) is 0. The lowest BCUT2D eigenvalue weighted by Gasteiger charge is -2.46. The molecule has 2 rings (SSSR count). The van der Waals surface area contributed by atoms with Crippen molar-refractivity contribution in [1.29, 1.82) is 0 Å². The predicted octanol–water partition coefficient (Wildman–Crippen LogP) is 4.33. The maximum absolute atomic E-state index is 6.93. The third kappa shape index (κ3) is 3.01. The third-order valence-electron chi connectivity index (χ3n) is 4.81. The lowest BCUT2D eigenvalue weighted by Crippen LogP contribution is -2.50. The van der Waals surface area contributed by atoms with Crippen LogP contribution in [0.3, 0.4) is 0 Å². The summed E-state index contributed by atoms with van der Waals surface area (Å²) in [6.07, 6.45) is 3.60.